The Morgan fingerprint density at radius 2 is 1.72 bits per heavy atom. The molecule has 0 bridgehead atoms. The van der Waals surface area contributed by atoms with Gasteiger partial charge in [0.2, 0.25) is 0 Å². The molecule has 2 nitrogen and oxygen atoms in total. The maximum absolute atomic E-state index is 6.33. The summed E-state index contributed by atoms with van der Waals surface area (Å²) in [4.78, 5) is 3.67. The Labute approximate surface area is 162 Å². The van der Waals surface area contributed by atoms with E-state index in [1.165, 1.54) is 38.9 Å². The Morgan fingerprint density at radius 1 is 1.04 bits per heavy atom. The van der Waals surface area contributed by atoms with E-state index >= 15 is 0 Å². The van der Waals surface area contributed by atoms with Crippen molar-refractivity contribution in [3.8, 4) is 11.3 Å². The predicted molar refractivity (Wildman–Crippen MR) is 113 cm³/mol. The molecule has 0 unspecified atom stereocenters. The topological polar surface area (TPSA) is 41.8 Å². The molecule has 3 N–H and O–H groups in total. The molecule has 3 rings (SSSR count). The summed E-state index contributed by atoms with van der Waals surface area (Å²) in [6.45, 7) is 7.25. The van der Waals surface area contributed by atoms with Crippen molar-refractivity contribution in [3.05, 3.63) is 56.0 Å². The zero-order valence-electron chi connectivity index (χ0n) is 15.0. The van der Waals surface area contributed by atoms with Gasteiger partial charge in [0.1, 0.15) is 0 Å². The smallest absolute Gasteiger partial charge is 0.0607 e. The monoisotopic (exact) mass is 418 g/mol. The van der Waals surface area contributed by atoms with Crippen molar-refractivity contribution in [3.63, 3.8) is 0 Å². The zero-order chi connectivity index (χ0) is 18.1. The molecular formula is C21H24BrClN2. The van der Waals surface area contributed by atoms with Gasteiger partial charge in [-0.05, 0) is 91.3 Å². The number of fused-ring (bicyclic) bond motifs is 1. The van der Waals surface area contributed by atoms with Gasteiger partial charge >= 0.3 is 0 Å². The van der Waals surface area contributed by atoms with Gasteiger partial charge in [0, 0.05) is 20.4 Å². The molecule has 132 valence electrons. The lowest BCUT2D eigenvalue weighted by Gasteiger charge is -2.13. The van der Waals surface area contributed by atoms with Gasteiger partial charge in [-0.15, -0.1) is 0 Å². The Hall–Kier alpha value is -1.29. The Bertz CT molecular complexity index is 904. The quantitative estimate of drug-likeness (QED) is 0.458. The van der Waals surface area contributed by atoms with Crippen LogP contribution >= 0.6 is 27.5 Å². The highest BCUT2D eigenvalue weighted by Gasteiger charge is 2.18. The summed E-state index contributed by atoms with van der Waals surface area (Å²) >= 11 is 9.99. The molecule has 0 fully saturated rings. The Morgan fingerprint density at radius 3 is 2.36 bits per heavy atom. The van der Waals surface area contributed by atoms with Crippen molar-refractivity contribution in [1.82, 2.24) is 4.98 Å². The highest BCUT2D eigenvalue weighted by molar-refractivity contribution is 9.10. The lowest BCUT2D eigenvalue weighted by Crippen LogP contribution is -2.00. The second-order valence-electron chi connectivity index (χ2n) is 6.81. The molecule has 1 aromatic heterocycles. The summed E-state index contributed by atoms with van der Waals surface area (Å²) in [5.41, 5.74) is 14.6. The second-order valence-corrected chi connectivity index (χ2v) is 8.10. The predicted octanol–water partition coefficient (Wildman–Crippen LogP) is 6.46. The van der Waals surface area contributed by atoms with Crippen molar-refractivity contribution in [1.29, 1.82) is 0 Å². The summed E-state index contributed by atoms with van der Waals surface area (Å²) in [5.74, 6) is 0. The van der Waals surface area contributed by atoms with Gasteiger partial charge in [-0.25, -0.2) is 0 Å². The van der Waals surface area contributed by atoms with Gasteiger partial charge in [-0.1, -0.05) is 29.3 Å². The maximum atomic E-state index is 6.33. The van der Waals surface area contributed by atoms with Crippen LogP contribution in [0.1, 0.15) is 35.1 Å². The van der Waals surface area contributed by atoms with Gasteiger partial charge in [-0.2, -0.15) is 0 Å². The van der Waals surface area contributed by atoms with Crippen LogP contribution in [0.25, 0.3) is 22.2 Å². The van der Waals surface area contributed by atoms with E-state index in [4.69, 9.17) is 17.3 Å². The van der Waals surface area contributed by atoms with E-state index in [1.807, 2.05) is 6.07 Å². The summed E-state index contributed by atoms with van der Waals surface area (Å²) in [6.07, 6.45) is 3.09. The summed E-state index contributed by atoms with van der Waals surface area (Å²) in [6, 6.07) is 8.51. The van der Waals surface area contributed by atoms with Crippen LogP contribution in [0.3, 0.4) is 0 Å². The number of nitrogens with two attached hydrogens (primary N) is 1. The molecule has 0 aliphatic heterocycles. The van der Waals surface area contributed by atoms with E-state index in [9.17, 15) is 0 Å². The standard InChI is InChI=1S/C21H24BrClN2/c1-12-8-13(2)19(14(3)9-12)21-16(6-4-5-7-24)17-10-15(23)11-18(22)20(17)25-21/h8-11,25H,4-7,24H2,1-3H3. The fraction of sp³-hybridized carbons (Fsp3) is 0.333. The number of benzene rings is 2. The normalized spacial score (nSPS) is 11.4. The minimum atomic E-state index is 0.727. The first kappa shape index (κ1) is 18.5. The molecule has 0 aliphatic rings. The average molecular weight is 420 g/mol. The highest BCUT2D eigenvalue weighted by Crippen LogP contribution is 2.39. The number of H-pyrrole nitrogens is 1. The number of aromatic amines is 1. The molecule has 0 amide bonds. The fourth-order valence-electron chi connectivity index (χ4n) is 3.77. The molecular weight excluding hydrogens is 396 g/mol. The number of aryl methyl sites for hydroxylation is 4. The minimum absolute atomic E-state index is 0.727. The molecule has 25 heavy (non-hydrogen) atoms. The van der Waals surface area contributed by atoms with Crippen molar-refractivity contribution in [2.75, 3.05) is 6.54 Å². The molecule has 4 heteroatoms. The van der Waals surface area contributed by atoms with Crippen molar-refractivity contribution in [2.45, 2.75) is 40.0 Å². The number of aromatic nitrogens is 1. The third-order valence-corrected chi connectivity index (χ3v) is 5.58. The highest BCUT2D eigenvalue weighted by atomic mass is 79.9. The number of hydrogen-bond acceptors (Lipinski definition) is 1. The van der Waals surface area contributed by atoms with E-state index in [2.05, 4.69) is 59.9 Å². The number of nitrogens with one attached hydrogen (secondary N) is 1. The summed E-state index contributed by atoms with van der Waals surface area (Å²) in [5, 5.41) is 1.95. The molecule has 0 spiro atoms. The lowest BCUT2D eigenvalue weighted by atomic mass is 9.93. The number of rotatable bonds is 5. The van der Waals surface area contributed by atoms with E-state index in [1.54, 1.807) is 0 Å². The SMILES string of the molecule is Cc1cc(C)c(-c2[nH]c3c(Br)cc(Cl)cc3c2CCCCN)c(C)c1. The van der Waals surface area contributed by atoms with Crippen LogP contribution in [0.4, 0.5) is 0 Å². The first-order chi connectivity index (χ1) is 11.9. The molecule has 0 aliphatic carbocycles. The summed E-state index contributed by atoms with van der Waals surface area (Å²) < 4.78 is 1.00. The Kier molecular flexibility index (Phi) is 5.57. The number of unbranched alkanes of at least 4 members (excludes halogenated alkanes) is 1. The zero-order valence-corrected chi connectivity index (χ0v) is 17.3. The van der Waals surface area contributed by atoms with Gasteiger partial charge in [-0.3, -0.25) is 0 Å². The maximum Gasteiger partial charge on any atom is 0.0607 e. The van der Waals surface area contributed by atoms with Crippen molar-refractivity contribution < 1.29 is 0 Å². The van der Waals surface area contributed by atoms with E-state index in [-0.39, 0.29) is 0 Å². The van der Waals surface area contributed by atoms with E-state index in [0.29, 0.717) is 0 Å². The van der Waals surface area contributed by atoms with Gasteiger partial charge in [0.05, 0.1) is 11.2 Å². The van der Waals surface area contributed by atoms with Crippen LogP contribution < -0.4 is 5.73 Å². The van der Waals surface area contributed by atoms with Crippen LogP contribution in [0.2, 0.25) is 5.02 Å². The van der Waals surface area contributed by atoms with Gasteiger partial charge in [0.15, 0.2) is 0 Å². The molecule has 0 atom stereocenters. The third-order valence-electron chi connectivity index (χ3n) is 4.74. The van der Waals surface area contributed by atoms with Crippen LogP contribution in [0, 0.1) is 20.8 Å². The van der Waals surface area contributed by atoms with Crippen LogP contribution in [0.5, 0.6) is 0 Å². The molecule has 1 heterocycles. The number of hydrogen-bond donors (Lipinski definition) is 2. The molecule has 0 saturated heterocycles. The van der Waals surface area contributed by atoms with Crippen LogP contribution in [-0.4, -0.2) is 11.5 Å². The Balaban J connectivity index is 2.27. The average Bonchev–Trinajstić information content (AvgIpc) is 2.85. The fourth-order valence-corrected chi connectivity index (χ4v) is 4.68. The second kappa shape index (κ2) is 7.53. The van der Waals surface area contributed by atoms with Gasteiger partial charge < -0.3 is 10.7 Å². The largest absolute Gasteiger partial charge is 0.353 e. The van der Waals surface area contributed by atoms with E-state index in [0.717, 1.165) is 40.8 Å². The number of halogens is 2. The van der Waals surface area contributed by atoms with Crippen LogP contribution in [-0.2, 0) is 6.42 Å². The third kappa shape index (κ3) is 3.64. The first-order valence-electron chi connectivity index (χ1n) is 8.70. The molecule has 0 radical (unpaired) electrons. The van der Waals surface area contributed by atoms with E-state index < -0.39 is 0 Å². The van der Waals surface area contributed by atoms with Crippen molar-refractivity contribution in [2.24, 2.45) is 5.73 Å². The van der Waals surface area contributed by atoms with Crippen molar-refractivity contribution >= 4 is 38.4 Å². The first-order valence-corrected chi connectivity index (χ1v) is 9.87. The minimum Gasteiger partial charge on any atom is -0.353 e. The van der Waals surface area contributed by atoms with Gasteiger partial charge in [0.25, 0.3) is 0 Å². The molecule has 0 saturated carbocycles. The summed E-state index contributed by atoms with van der Waals surface area (Å²) in [7, 11) is 0. The lowest BCUT2D eigenvalue weighted by molar-refractivity contribution is 0.748. The molecule has 2 aromatic carbocycles. The van der Waals surface area contributed by atoms with Crippen LogP contribution in [0.15, 0.2) is 28.7 Å². The molecule has 3 aromatic rings.